The molecule has 0 aromatic heterocycles. The van der Waals surface area contributed by atoms with Crippen molar-refractivity contribution in [2.24, 2.45) is 0 Å². The summed E-state index contributed by atoms with van der Waals surface area (Å²) in [4.78, 5) is 40.2. The second-order valence-corrected chi connectivity index (χ2v) is 9.55. The van der Waals surface area contributed by atoms with Gasteiger partial charge in [0, 0.05) is 37.8 Å². The number of hydrogen-bond donors (Lipinski definition) is 3. The highest BCUT2D eigenvalue weighted by atomic mass is 16.2. The van der Waals surface area contributed by atoms with Crippen molar-refractivity contribution in [2.75, 3.05) is 33.2 Å². The summed E-state index contributed by atoms with van der Waals surface area (Å²) in [5.74, 6) is -0.212. The Hall–Kier alpha value is -1.83. The number of piperidine rings is 1. The molecular formula is C21H39N5O3. The van der Waals surface area contributed by atoms with Gasteiger partial charge in [0.15, 0.2) is 0 Å². The van der Waals surface area contributed by atoms with Gasteiger partial charge in [0.05, 0.1) is 13.1 Å². The Bertz CT molecular complexity index is 561. The SMILES string of the molecule is CN(CC(=O)NC(C)(C)C)C(=O)CN1CCC(NC(=O)NC2CCCCC2)CC1. The first-order valence-electron chi connectivity index (χ1n) is 11.0. The first-order valence-corrected chi connectivity index (χ1v) is 11.0. The third kappa shape index (κ3) is 9.02. The maximum atomic E-state index is 12.4. The number of likely N-dealkylation sites (tertiary alicyclic amines) is 1. The van der Waals surface area contributed by atoms with E-state index in [0.717, 1.165) is 38.8 Å². The number of carbonyl (C=O) groups is 3. The van der Waals surface area contributed by atoms with Crippen molar-refractivity contribution in [2.45, 2.75) is 83.3 Å². The Balaban J connectivity index is 1.64. The highest BCUT2D eigenvalue weighted by Crippen LogP contribution is 2.17. The zero-order valence-electron chi connectivity index (χ0n) is 18.6. The Kier molecular flexibility index (Phi) is 8.74. The molecule has 2 aliphatic rings. The number of carbonyl (C=O) groups excluding carboxylic acids is 3. The first kappa shape index (κ1) is 23.4. The molecule has 3 N–H and O–H groups in total. The molecule has 29 heavy (non-hydrogen) atoms. The van der Waals surface area contributed by atoms with Gasteiger partial charge in [-0.15, -0.1) is 0 Å². The minimum absolute atomic E-state index is 0.0592. The van der Waals surface area contributed by atoms with Crippen molar-refractivity contribution in [3.05, 3.63) is 0 Å². The molecule has 4 amide bonds. The third-order valence-corrected chi connectivity index (χ3v) is 5.54. The maximum absolute atomic E-state index is 12.4. The van der Waals surface area contributed by atoms with Crippen molar-refractivity contribution < 1.29 is 14.4 Å². The van der Waals surface area contributed by atoms with E-state index in [4.69, 9.17) is 0 Å². The number of likely N-dealkylation sites (N-methyl/N-ethyl adjacent to an activating group) is 1. The van der Waals surface area contributed by atoms with Crippen LogP contribution in [-0.2, 0) is 9.59 Å². The average Bonchev–Trinajstić information content (AvgIpc) is 2.62. The van der Waals surface area contributed by atoms with Crippen LogP contribution in [0.2, 0.25) is 0 Å². The lowest BCUT2D eigenvalue weighted by Gasteiger charge is -2.33. The highest BCUT2D eigenvalue weighted by Gasteiger charge is 2.25. The lowest BCUT2D eigenvalue weighted by molar-refractivity contribution is -0.136. The summed E-state index contributed by atoms with van der Waals surface area (Å²) in [5.41, 5.74) is -0.306. The molecule has 0 unspecified atom stereocenters. The second-order valence-electron chi connectivity index (χ2n) is 9.55. The molecule has 0 aromatic carbocycles. The van der Waals surface area contributed by atoms with Crippen LogP contribution < -0.4 is 16.0 Å². The number of urea groups is 1. The van der Waals surface area contributed by atoms with Crippen LogP contribution in [0.5, 0.6) is 0 Å². The van der Waals surface area contributed by atoms with Crippen LogP contribution in [-0.4, -0.2) is 78.5 Å². The predicted molar refractivity (Wildman–Crippen MR) is 114 cm³/mol. The molecule has 0 aromatic rings. The van der Waals surface area contributed by atoms with E-state index in [1.807, 2.05) is 20.8 Å². The predicted octanol–water partition coefficient (Wildman–Crippen LogP) is 1.46. The zero-order valence-corrected chi connectivity index (χ0v) is 18.6. The Morgan fingerprint density at radius 2 is 1.48 bits per heavy atom. The van der Waals surface area contributed by atoms with Gasteiger partial charge in [0.25, 0.3) is 0 Å². The minimum Gasteiger partial charge on any atom is -0.350 e. The van der Waals surface area contributed by atoms with Gasteiger partial charge < -0.3 is 20.9 Å². The molecule has 0 spiro atoms. The third-order valence-electron chi connectivity index (χ3n) is 5.54. The van der Waals surface area contributed by atoms with E-state index in [1.165, 1.54) is 24.2 Å². The average molecular weight is 410 g/mol. The van der Waals surface area contributed by atoms with Gasteiger partial charge in [-0.05, 0) is 46.5 Å². The molecule has 1 aliphatic carbocycles. The minimum atomic E-state index is -0.306. The zero-order chi connectivity index (χ0) is 21.4. The van der Waals surface area contributed by atoms with E-state index in [2.05, 4.69) is 20.9 Å². The van der Waals surface area contributed by atoms with E-state index in [1.54, 1.807) is 7.05 Å². The van der Waals surface area contributed by atoms with E-state index < -0.39 is 0 Å². The fourth-order valence-electron chi connectivity index (χ4n) is 3.97. The molecule has 1 aliphatic heterocycles. The number of nitrogens with one attached hydrogen (secondary N) is 3. The first-order chi connectivity index (χ1) is 13.6. The highest BCUT2D eigenvalue weighted by molar-refractivity contribution is 5.85. The van der Waals surface area contributed by atoms with E-state index in [0.29, 0.717) is 12.6 Å². The molecule has 1 heterocycles. The van der Waals surface area contributed by atoms with Crippen molar-refractivity contribution in [1.29, 1.82) is 0 Å². The van der Waals surface area contributed by atoms with Gasteiger partial charge in [-0.1, -0.05) is 19.3 Å². The summed E-state index contributed by atoms with van der Waals surface area (Å²) in [6.45, 7) is 7.65. The van der Waals surface area contributed by atoms with Crippen LogP contribution >= 0.6 is 0 Å². The molecular weight excluding hydrogens is 370 g/mol. The van der Waals surface area contributed by atoms with Crippen molar-refractivity contribution in [3.63, 3.8) is 0 Å². The van der Waals surface area contributed by atoms with E-state index in [-0.39, 0.29) is 36.0 Å². The van der Waals surface area contributed by atoms with E-state index in [9.17, 15) is 14.4 Å². The van der Waals surface area contributed by atoms with Gasteiger partial charge in [-0.3, -0.25) is 14.5 Å². The smallest absolute Gasteiger partial charge is 0.315 e. The Morgan fingerprint density at radius 1 is 0.931 bits per heavy atom. The number of rotatable bonds is 6. The molecule has 166 valence electrons. The van der Waals surface area contributed by atoms with Crippen LogP contribution in [0.3, 0.4) is 0 Å². The molecule has 0 bridgehead atoms. The van der Waals surface area contributed by atoms with Gasteiger partial charge in [-0.2, -0.15) is 0 Å². The summed E-state index contributed by atoms with van der Waals surface area (Å²) in [7, 11) is 1.66. The number of nitrogens with zero attached hydrogens (tertiary/aromatic N) is 2. The fourth-order valence-corrected chi connectivity index (χ4v) is 3.97. The van der Waals surface area contributed by atoms with Gasteiger partial charge in [0.1, 0.15) is 0 Å². The lowest BCUT2D eigenvalue weighted by atomic mass is 9.96. The molecule has 1 saturated carbocycles. The van der Waals surface area contributed by atoms with Gasteiger partial charge in [-0.25, -0.2) is 4.79 Å². The molecule has 0 radical (unpaired) electrons. The fraction of sp³-hybridized carbons (Fsp3) is 0.857. The van der Waals surface area contributed by atoms with Crippen LogP contribution in [0.25, 0.3) is 0 Å². The van der Waals surface area contributed by atoms with Crippen LogP contribution in [0, 0.1) is 0 Å². The molecule has 2 fully saturated rings. The summed E-state index contributed by atoms with van der Waals surface area (Å²) >= 11 is 0. The van der Waals surface area contributed by atoms with Crippen LogP contribution in [0.1, 0.15) is 65.7 Å². The number of hydrogen-bond acceptors (Lipinski definition) is 4. The summed E-state index contributed by atoms with van der Waals surface area (Å²) in [5, 5.41) is 9.05. The summed E-state index contributed by atoms with van der Waals surface area (Å²) < 4.78 is 0. The second kappa shape index (κ2) is 10.8. The quantitative estimate of drug-likeness (QED) is 0.619. The summed E-state index contributed by atoms with van der Waals surface area (Å²) in [6, 6.07) is 0.406. The number of amides is 4. The monoisotopic (exact) mass is 409 g/mol. The maximum Gasteiger partial charge on any atom is 0.315 e. The van der Waals surface area contributed by atoms with Crippen molar-refractivity contribution >= 4 is 17.8 Å². The largest absolute Gasteiger partial charge is 0.350 e. The van der Waals surface area contributed by atoms with E-state index >= 15 is 0 Å². The summed E-state index contributed by atoms with van der Waals surface area (Å²) in [6.07, 6.45) is 7.49. The lowest BCUT2D eigenvalue weighted by Crippen LogP contribution is -2.52. The topological polar surface area (TPSA) is 93.8 Å². The van der Waals surface area contributed by atoms with Crippen LogP contribution in [0.4, 0.5) is 4.79 Å². The van der Waals surface area contributed by atoms with Gasteiger partial charge in [0.2, 0.25) is 11.8 Å². The Morgan fingerprint density at radius 3 is 2.03 bits per heavy atom. The van der Waals surface area contributed by atoms with Crippen molar-refractivity contribution in [1.82, 2.24) is 25.8 Å². The molecule has 8 nitrogen and oxygen atoms in total. The normalized spacial score (nSPS) is 19.4. The molecule has 1 saturated heterocycles. The standard InChI is InChI=1S/C21H39N5O3/c1-21(2,3)24-18(27)14-25(4)19(28)15-26-12-10-17(11-13-26)23-20(29)22-16-8-6-5-7-9-16/h16-17H,5-15H2,1-4H3,(H,24,27)(H2,22,23,29). The van der Waals surface area contributed by atoms with Crippen molar-refractivity contribution in [3.8, 4) is 0 Å². The molecule has 8 heteroatoms. The molecule has 0 atom stereocenters. The van der Waals surface area contributed by atoms with Crippen LogP contribution in [0.15, 0.2) is 0 Å². The Labute approximate surface area is 175 Å². The molecule has 2 rings (SSSR count). The van der Waals surface area contributed by atoms with Gasteiger partial charge >= 0.3 is 6.03 Å².